The lowest BCUT2D eigenvalue weighted by Crippen LogP contribution is -2.48. The third-order valence-electron chi connectivity index (χ3n) is 8.35. The van der Waals surface area contributed by atoms with Crippen LogP contribution in [0.2, 0.25) is 16.6 Å². The maximum absolute atomic E-state index is 13.3. The van der Waals surface area contributed by atoms with Crippen molar-refractivity contribution in [1.29, 1.82) is 0 Å². The zero-order chi connectivity index (χ0) is 26.2. The summed E-state index contributed by atoms with van der Waals surface area (Å²) < 4.78 is 38.2. The molecular formula is C29H43NO3SSi. The number of aryl methyl sites for hydroxylation is 1. The highest BCUT2D eigenvalue weighted by atomic mass is 32.2. The molecule has 4 nitrogen and oxygen atoms in total. The predicted molar refractivity (Wildman–Crippen MR) is 148 cm³/mol. The van der Waals surface area contributed by atoms with Crippen LogP contribution < -0.4 is 0 Å². The summed E-state index contributed by atoms with van der Waals surface area (Å²) in [6, 6.07) is 6.87. The lowest BCUT2D eigenvalue weighted by molar-refractivity contribution is 0.275. The van der Waals surface area contributed by atoms with E-state index in [1.54, 1.807) is 24.3 Å². The first-order chi connectivity index (χ1) is 16.3. The van der Waals surface area contributed by atoms with Gasteiger partial charge in [-0.1, -0.05) is 78.5 Å². The van der Waals surface area contributed by atoms with E-state index in [0.29, 0.717) is 35.2 Å². The van der Waals surface area contributed by atoms with E-state index in [-0.39, 0.29) is 16.7 Å². The van der Waals surface area contributed by atoms with Gasteiger partial charge in [0.25, 0.3) is 18.3 Å². The number of benzene rings is 1. The van der Waals surface area contributed by atoms with Crippen LogP contribution in [0.15, 0.2) is 45.4 Å². The average molecular weight is 514 g/mol. The summed E-state index contributed by atoms with van der Waals surface area (Å²) in [6.07, 6.45) is 11.5. The van der Waals surface area contributed by atoms with E-state index in [1.807, 2.05) is 6.92 Å². The Morgan fingerprint density at radius 3 is 2.17 bits per heavy atom. The van der Waals surface area contributed by atoms with Crippen molar-refractivity contribution in [3.8, 4) is 12.3 Å². The summed E-state index contributed by atoms with van der Waals surface area (Å²) >= 11 is 0. The molecular weight excluding hydrogens is 470 g/mol. The molecule has 35 heavy (non-hydrogen) atoms. The zero-order valence-corrected chi connectivity index (χ0v) is 24.6. The van der Waals surface area contributed by atoms with E-state index in [9.17, 15) is 8.42 Å². The number of hydrogen-bond acceptors (Lipinski definition) is 3. The topological polar surface area (TPSA) is 55.7 Å². The second-order valence-corrected chi connectivity index (χ2v) is 18.4. The number of terminal acetylenes is 1. The highest BCUT2D eigenvalue weighted by Gasteiger charge is 2.54. The largest absolute Gasteiger partial charge is 0.546 e. The molecule has 6 heteroatoms. The van der Waals surface area contributed by atoms with Crippen LogP contribution in [0.1, 0.15) is 79.7 Å². The van der Waals surface area contributed by atoms with Gasteiger partial charge in [-0.3, -0.25) is 0 Å². The van der Waals surface area contributed by atoms with Crippen LogP contribution in [0.5, 0.6) is 0 Å². The predicted octanol–water partition coefficient (Wildman–Crippen LogP) is 7.66. The summed E-state index contributed by atoms with van der Waals surface area (Å²) in [4.78, 5) is 0.214. The second kappa shape index (κ2) is 10.3. The average Bonchev–Trinajstić information content (AvgIpc) is 3.12. The number of nitrogens with zero attached hydrogens (tertiary/aromatic N) is 1. The van der Waals surface area contributed by atoms with Gasteiger partial charge >= 0.3 is 0 Å². The minimum absolute atomic E-state index is 0.0476. The lowest BCUT2D eigenvalue weighted by atomic mass is 9.63. The van der Waals surface area contributed by atoms with Crippen LogP contribution in [0.25, 0.3) is 0 Å². The van der Waals surface area contributed by atoms with Crippen molar-refractivity contribution in [1.82, 2.24) is 0 Å². The maximum atomic E-state index is 13.3. The molecule has 0 aromatic heterocycles. The van der Waals surface area contributed by atoms with Gasteiger partial charge in [0.15, 0.2) is 0 Å². The number of fused-ring (bicyclic) bond motifs is 2. The fourth-order valence-electron chi connectivity index (χ4n) is 6.67. The summed E-state index contributed by atoms with van der Waals surface area (Å²) in [5, 5.41) is 0. The van der Waals surface area contributed by atoms with Crippen molar-refractivity contribution in [3.63, 3.8) is 0 Å². The fourth-order valence-corrected chi connectivity index (χ4v) is 13.1. The molecule has 2 aliphatic carbocycles. The molecule has 3 atom stereocenters. The van der Waals surface area contributed by atoms with Crippen LogP contribution in [0.3, 0.4) is 0 Å². The van der Waals surface area contributed by atoms with Gasteiger partial charge < -0.3 is 4.43 Å². The minimum atomic E-state index is -3.85. The molecule has 1 saturated carbocycles. The molecule has 0 saturated heterocycles. The summed E-state index contributed by atoms with van der Waals surface area (Å²) in [5.74, 6) is 4.26. The molecule has 1 aromatic rings. The van der Waals surface area contributed by atoms with Crippen LogP contribution in [-0.4, -0.2) is 22.4 Å². The Labute approximate surface area is 214 Å². The molecule has 0 N–H and O–H groups in total. The van der Waals surface area contributed by atoms with Crippen LogP contribution in [0, 0.1) is 36.5 Å². The molecule has 0 aliphatic heterocycles. The third kappa shape index (κ3) is 4.91. The van der Waals surface area contributed by atoms with Crippen LogP contribution in [-0.2, 0) is 14.4 Å². The van der Waals surface area contributed by atoms with Crippen LogP contribution >= 0.6 is 0 Å². The van der Waals surface area contributed by atoms with E-state index in [4.69, 9.17) is 10.8 Å². The Morgan fingerprint density at radius 2 is 1.69 bits per heavy atom. The highest BCUT2D eigenvalue weighted by molar-refractivity contribution is 7.90. The molecule has 0 spiro atoms. The van der Waals surface area contributed by atoms with Crippen molar-refractivity contribution in [2.75, 3.05) is 0 Å². The molecule has 3 rings (SSSR count). The van der Waals surface area contributed by atoms with Crippen molar-refractivity contribution >= 4 is 24.1 Å². The molecule has 1 aromatic carbocycles. The van der Waals surface area contributed by atoms with Crippen molar-refractivity contribution in [2.24, 2.45) is 21.6 Å². The fraction of sp³-hybridized carbons (Fsp3) is 0.621. The van der Waals surface area contributed by atoms with Gasteiger partial charge in [-0.25, -0.2) is 0 Å². The van der Waals surface area contributed by atoms with Crippen molar-refractivity contribution < 1.29 is 12.8 Å². The quantitative estimate of drug-likeness (QED) is 0.251. The van der Waals surface area contributed by atoms with E-state index >= 15 is 0 Å². The first kappa shape index (κ1) is 27.7. The Kier molecular flexibility index (Phi) is 8.13. The Bertz CT molecular complexity index is 1100. The van der Waals surface area contributed by atoms with Gasteiger partial charge in [0, 0.05) is 11.8 Å². The first-order valence-corrected chi connectivity index (χ1v) is 16.7. The molecule has 0 amide bonds. The Hall–Kier alpha value is -1.84. The molecule has 192 valence electrons. The van der Waals surface area contributed by atoms with E-state index in [2.05, 4.69) is 64.9 Å². The monoisotopic (exact) mass is 513 g/mol. The number of allylic oxidation sites excluding steroid dienone is 2. The lowest BCUT2D eigenvalue weighted by Gasteiger charge is -2.44. The molecule has 0 heterocycles. The summed E-state index contributed by atoms with van der Waals surface area (Å²) in [5.41, 5.74) is 2.34. The van der Waals surface area contributed by atoms with Gasteiger partial charge in [0.1, 0.15) is 0 Å². The van der Waals surface area contributed by atoms with Gasteiger partial charge in [0.05, 0.1) is 21.8 Å². The maximum Gasteiger partial charge on any atom is 0.282 e. The smallest absolute Gasteiger partial charge is 0.282 e. The van der Waals surface area contributed by atoms with Gasteiger partial charge in [0.2, 0.25) is 0 Å². The Balaban J connectivity index is 2.07. The molecule has 0 unspecified atom stereocenters. The summed E-state index contributed by atoms with van der Waals surface area (Å²) in [7, 11) is -5.98. The van der Waals surface area contributed by atoms with E-state index < -0.39 is 23.8 Å². The third-order valence-corrected chi connectivity index (χ3v) is 15.7. The number of rotatable bonds is 9. The minimum Gasteiger partial charge on any atom is -0.546 e. The number of hydrogen-bond donors (Lipinski definition) is 0. The highest BCUT2D eigenvalue weighted by Crippen LogP contribution is 2.55. The van der Waals surface area contributed by atoms with Crippen LogP contribution in [0.4, 0.5) is 0 Å². The Morgan fingerprint density at radius 1 is 1.11 bits per heavy atom. The standard InChI is InChI=1S/C29H43NO3SSi/c1-10-16-29(11-2)25-17-24(27(19-25)33-35(20(3)4,21(5)6)22(7)8)18-28(29)30-34(31,32)26-14-12-23(9)13-15-26/h2,12-15,19-22,24-25H,10,16-18H2,1,3-9H3/b30-28+/t24-,25-,29+/m1/s1. The molecule has 2 bridgehead atoms. The van der Waals surface area contributed by atoms with E-state index in [0.717, 1.165) is 24.2 Å². The van der Waals surface area contributed by atoms with Crippen molar-refractivity contribution in [3.05, 3.63) is 41.7 Å². The zero-order valence-electron chi connectivity index (χ0n) is 22.8. The molecule has 0 radical (unpaired) electrons. The molecule has 1 fully saturated rings. The summed E-state index contributed by atoms with van der Waals surface area (Å²) in [6.45, 7) is 17.8. The second-order valence-electron chi connectivity index (χ2n) is 11.4. The number of sulfonamides is 1. The SMILES string of the molecule is C#C[C@@]1(CCC)/C(=N/S(=O)(=O)c2ccc(C)cc2)C[C@H]2C[C@@H]1C=C2O[Si](C(C)C)(C(C)C)C(C)C. The van der Waals surface area contributed by atoms with Crippen molar-refractivity contribution in [2.45, 2.75) is 103 Å². The van der Waals surface area contributed by atoms with Gasteiger partial charge in [-0.05, 0) is 61.0 Å². The normalized spacial score (nSPS) is 25.9. The molecule has 2 aliphatic rings. The van der Waals surface area contributed by atoms with Gasteiger partial charge in [-0.2, -0.15) is 12.8 Å². The van der Waals surface area contributed by atoms with Gasteiger partial charge in [-0.15, -0.1) is 6.42 Å². The first-order valence-electron chi connectivity index (χ1n) is 13.1. The van der Waals surface area contributed by atoms with E-state index in [1.165, 1.54) is 0 Å².